The van der Waals surface area contributed by atoms with E-state index >= 15 is 0 Å². The van der Waals surface area contributed by atoms with Gasteiger partial charge in [-0.15, -0.1) is 0 Å². The molecule has 7 heteroatoms. The van der Waals surface area contributed by atoms with Gasteiger partial charge < -0.3 is 9.64 Å². The number of carbonyl (C=O) groups excluding carboxylic acids is 1. The first-order valence-electron chi connectivity index (χ1n) is 6.43. The largest absolute Gasteiger partial charge is 0.478 e. The van der Waals surface area contributed by atoms with Gasteiger partial charge in [0.15, 0.2) is 5.60 Å². The number of nitrogens with zero attached hydrogens (tertiary/aromatic N) is 3. The first kappa shape index (κ1) is 15.0. The second-order valence-electron chi connectivity index (χ2n) is 5.16. The zero-order valence-electron chi connectivity index (χ0n) is 12.1. The molecule has 0 atom stereocenters. The van der Waals surface area contributed by atoms with Crippen molar-refractivity contribution in [2.24, 2.45) is 0 Å². The number of amides is 1. The molecule has 0 fully saturated rings. The Labute approximate surface area is 121 Å². The number of benzene rings is 1. The summed E-state index contributed by atoms with van der Waals surface area (Å²) >= 11 is 0. The van der Waals surface area contributed by atoms with Crippen LogP contribution in [0.3, 0.4) is 0 Å². The SMILES string of the molecule is CN(Cc1ncn[nH]1)C(=O)C(C)(C)Oc1ccc(F)cc1. The first-order chi connectivity index (χ1) is 9.88. The fourth-order valence-electron chi connectivity index (χ4n) is 1.90. The van der Waals surface area contributed by atoms with Gasteiger partial charge in [-0.1, -0.05) is 0 Å². The van der Waals surface area contributed by atoms with Gasteiger partial charge in [-0.05, 0) is 38.1 Å². The maximum atomic E-state index is 12.9. The van der Waals surface area contributed by atoms with Gasteiger partial charge in [0.1, 0.15) is 23.7 Å². The van der Waals surface area contributed by atoms with Crippen LogP contribution in [0.25, 0.3) is 0 Å². The fraction of sp³-hybridized carbons (Fsp3) is 0.357. The lowest BCUT2D eigenvalue weighted by molar-refractivity contribution is -0.144. The molecule has 21 heavy (non-hydrogen) atoms. The van der Waals surface area contributed by atoms with Crippen LogP contribution in [0.4, 0.5) is 4.39 Å². The molecule has 1 aromatic heterocycles. The quantitative estimate of drug-likeness (QED) is 0.911. The van der Waals surface area contributed by atoms with Crippen LogP contribution in [0.2, 0.25) is 0 Å². The molecule has 0 bridgehead atoms. The van der Waals surface area contributed by atoms with Crippen molar-refractivity contribution in [3.63, 3.8) is 0 Å². The van der Waals surface area contributed by atoms with Crippen molar-refractivity contribution >= 4 is 5.91 Å². The van der Waals surface area contributed by atoms with Crippen molar-refractivity contribution < 1.29 is 13.9 Å². The van der Waals surface area contributed by atoms with E-state index < -0.39 is 5.60 Å². The molecule has 0 saturated heterocycles. The second-order valence-corrected chi connectivity index (χ2v) is 5.16. The number of likely N-dealkylation sites (N-methyl/N-ethyl adjacent to an activating group) is 1. The van der Waals surface area contributed by atoms with E-state index in [0.717, 1.165) is 0 Å². The summed E-state index contributed by atoms with van der Waals surface area (Å²) in [5, 5.41) is 6.42. The number of aromatic nitrogens is 3. The topological polar surface area (TPSA) is 71.1 Å². The lowest BCUT2D eigenvalue weighted by Crippen LogP contribution is -2.47. The highest BCUT2D eigenvalue weighted by Gasteiger charge is 2.33. The van der Waals surface area contributed by atoms with E-state index in [1.54, 1.807) is 20.9 Å². The molecule has 2 rings (SSSR count). The predicted molar refractivity (Wildman–Crippen MR) is 74.0 cm³/mol. The van der Waals surface area contributed by atoms with Crippen molar-refractivity contribution in [1.82, 2.24) is 20.1 Å². The number of rotatable bonds is 5. The number of nitrogens with one attached hydrogen (secondary N) is 1. The molecule has 1 amide bonds. The zero-order valence-corrected chi connectivity index (χ0v) is 12.1. The monoisotopic (exact) mass is 292 g/mol. The Morgan fingerprint density at radius 2 is 2.05 bits per heavy atom. The Bertz CT molecular complexity index is 596. The normalized spacial score (nSPS) is 11.2. The minimum Gasteiger partial charge on any atom is -0.478 e. The van der Waals surface area contributed by atoms with Crippen LogP contribution in [0.1, 0.15) is 19.7 Å². The van der Waals surface area contributed by atoms with Crippen LogP contribution in [-0.2, 0) is 11.3 Å². The molecule has 0 spiro atoms. The van der Waals surface area contributed by atoms with Crippen molar-refractivity contribution in [3.05, 3.63) is 42.2 Å². The molecule has 112 valence electrons. The number of aromatic amines is 1. The molecule has 6 nitrogen and oxygen atoms in total. The van der Waals surface area contributed by atoms with E-state index in [-0.39, 0.29) is 11.7 Å². The third kappa shape index (κ3) is 3.77. The van der Waals surface area contributed by atoms with Gasteiger partial charge in [0.25, 0.3) is 5.91 Å². The smallest absolute Gasteiger partial charge is 0.266 e. The number of halogens is 1. The summed E-state index contributed by atoms with van der Waals surface area (Å²) in [7, 11) is 1.65. The molecule has 1 heterocycles. The fourth-order valence-corrected chi connectivity index (χ4v) is 1.90. The summed E-state index contributed by atoms with van der Waals surface area (Å²) < 4.78 is 18.5. The average Bonchev–Trinajstić information content (AvgIpc) is 2.93. The maximum Gasteiger partial charge on any atom is 0.266 e. The minimum atomic E-state index is -1.08. The lowest BCUT2D eigenvalue weighted by Gasteiger charge is -2.29. The highest BCUT2D eigenvalue weighted by atomic mass is 19.1. The molecule has 1 N–H and O–H groups in total. The van der Waals surface area contributed by atoms with Gasteiger partial charge in [0.2, 0.25) is 0 Å². The van der Waals surface area contributed by atoms with Crippen LogP contribution < -0.4 is 4.74 Å². The van der Waals surface area contributed by atoms with Crippen LogP contribution in [0.15, 0.2) is 30.6 Å². The van der Waals surface area contributed by atoms with E-state index in [4.69, 9.17) is 4.74 Å². The van der Waals surface area contributed by atoms with Crippen molar-refractivity contribution in [2.45, 2.75) is 26.0 Å². The summed E-state index contributed by atoms with van der Waals surface area (Å²) in [4.78, 5) is 17.9. The Morgan fingerprint density at radius 1 is 1.38 bits per heavy atom. The third-order valence-corrected chi connectivity index (χ3v) is 2.90. The molecular weight excluding hydrogens is 275 g/mol. The maximum absolute atomic E-state index is 12.9. The number of hydrogen-bond donors (Lipinski definition) is 1. The van der Waals surface area contributed by atoms with Gasteiger partial charge >= 0.3 is 0 Å². The van der Waals surface area contributed by atoms with Crippen LogP contribution in [0.5, 0.6) is 5.75 Å². The standard InChI is InChI=1S/C14H17FN4O2/c1-14(2,21-11-6-4-10(15)5-7-11)13(20)19(3)8-12-16-9-17-18-12/h4-7,9H,8H2,1-3H3,(H,16,17,18). The molecule has 1 aromatic carbocycles. The Morgan fingerprint density at radius 3 is 2.62 bits per heavy atom. The second kappa shape index (κ2) is 5.90. The number of ether oxygens (including phenoxy) is 1. The highest BCUT2D eigenvalue weighted by Crippen LogP contribution is 2.20. The molecule has 0 aliphatic carbocycles. The zero-order chi connectivity index (χ0) is 15.5. The number of carbonyl (C=O) groups is 1. The van der Waals surface area contributed by atoms with E-state index in [0.29, 0.717) is 18.1 Å². The summed E-state index contributed by atoms with van der Waals surface area (Å²) in [5.74, 6) is 0.448. The van der Waals surface area contributed by atoms with Crippen molar-refractivity contribution in [3.8, 4) is 5.75 Å². The summed E-state index contributed by atoms with van der Waals surface area (Å²) in [6.45, 7) is 3.63. The van der Waals surface area contributed by atoms with Gasteiger partial charge in [0, 0.05) is 7.05 Å². The Kier molecular flexibility index (Phi) is 4.21. The summed E-state index contributed by atoms with van der Waals surface area (Å²) in [5.41, 5.74) is -1.08. The minimum absolute atomic E-state index is 0.219. The van der Waals surface area contributed by atoms with Crippen molar-refractivity contribution in [2.75, 3.05) is 7.05 Å². The molecule has 0 aliphatic heterocycles. The highest BCUT2D eigenvalue weighted by molar-refractivity contribution is 5.84. The van der Waals surface area contributed by atoms with E-state index in [9.17, 15) is 9.18 Å². The van der Waals surface area contributed by atoms with Crippen LogP contribution in [-0.4, -0.2) is 38.6 Å². The van der Waals surface area contributed by atoms with Gasteiger partial charge in [0.05, 0.1) is 6.54 Å². The van der Waals surface area contributed by atoms with E-state index in [1.807, 2.05) is 0 Å². The molecule has 0 saturated carbocycles. The third-order valence-electron chi connectivity index (χ3n) is 2.90. The summed E-state index contributed by atoms with van der Waals surface area (Å²) in [6, 6.07) is 5.55. The van der Waals surface area contributed by atoms with Gasteiger partial charge in [-0.2, -0.15) is 5.10 Å². The van der Waals surface area contributed by atoms with Gasteiger partial charge in [-0.3, -0.25) is 9.89 Å². The molecular formula is C14H17FN4O2. The van der Waals surface area contributed by atoms with E-state index in [1.165, 1.54) is 35.5 Å². The van der Waals surface area contributed by atoms with Gasteiger partial charge in [-0.25, -0.2) is 9.37 Å². The molecule has 0 aliphatic rings. The lowest BCUT2D eigenvalue weighted by atomic mass is 10.1. The van der Waals surface area contributed by atoms with E-state index in [2.05, 4.69) is 15.2 Å². The number of hydrogen-bond acceptors (Lipinski definition) is 4. The first-order valence-corrected chi connectivity index (χ1v) is 6.43. The molecule has 0 unspecified atom stereocenters. The summed E-state index contributed by atoms with van der Waals surface area (Å²) in [6.07, 6.45) is 1.38. The van der Waals surface area contributed by atoms with Crippen molar-refractivity contribution in [1.29, 1.82) is 0 Å². The van der Waals surface area contributed by atoms with Crippen LogP contribution in [0, 0.1) is 5.82 Å². The molecule has 0 radical (unpaired) electrons. The Hall–Kier alpha value is -2.44. The van der Waals surface area contributed by atoms with Crippen LogP contribution >= 0.6 is 0 Å². The Balaban J connectivity index is 2.03. The molecule has 2 aromatic rings. The average molecular weight is 292 g/mol. The number of H-pyrrole nitrogens is 1. The predicted octanol–water partition coefficient (Wildman–Crippen LogP) is 1.76.